The van der Waals surface area contributed by atoms with E-state index in [0.29, 0.717) is 22.6 Å². The van der Waals surface area contributed by atoms with Gasteiger partial charge in [-0.2, -0.15) is 0 Å². The van der Waals surface area contributed by atoms with Crippen LogP contribution in [-0.4, -0.2) is 22.6 Å². The van der Waals surface area contributed by atoms with Gasteiger partial charge in [0.1, 0.15) is 0 Å². The van der Waals surface area contributed by atoms with Crippen molar-refractivity contribution in [2.45, 2.75) is 6.92 Å². The Bertz CT molecular complexity index is 610. The summed E-state index contributed by atoms with van der Waals surface area (Å²) in [5.41, 5.74) is 1.33. The Morgan fingerprint density at radius 3 is 2.89 bits per heavy atom. The van der Waals surface area contributed by atoms with E-state index >= 15 is 0 Å². The lowest BCUT2D eigenvalue weighted by molar-refractivity contribution is -0.112. The number of ketones is 1. The molecule has 0 aromatic heterocycles. The van der Waals surface area contributed by atoms with Crippen molar-refractivity contribution in [2.75, 3.05) is 11.1 Å². The average Bonchev–Trinajstić information content (AvgIpc) is 2.61. The molecule has 1 amide bonds. The maximum absolute atomic E-state index is 11.6. The summed E-state index contributed by atoms with van der Waals surface area (Å²) in [6.07, 6.45) is 0. The van der Waals surface area contributed by atoms with Gasteiger partial charge in [0, 0.05) is 12.5 Å². The number of amides is 1. The molecule has 90 valence electrons. The minimum atomic E-state index is -0.627. The maximum Gasteiger partial charge on any atom is 0.296 e. The third kappa shape index (κ3) is 2.44. The molecule has 5 heteroatoms. The largest absolute Gasteiger partial charge is 0.318 e. The van der Waals surface area contributed by atoms with Crippen molar-refractivity contribution >= 4 is 34.3 Å². The van der Waals surface area contributed by atoms with Gasteiger partial charge >= 0.3 is 0 Å². The van der Waals surface area contributed by atoms with Gasteiger partial charge in [-0.05, 0) is 12.1 Å². The Hall–Kier alpha value is -2.06. The van der Waals surface area contributed by atoms with E-state index in [1.165, 1.54) is 6.92 Å². The van der Waals surface area contributed by atoms with Crippen LogP contribution in [0.3, 0.4) is 0 Å². The van der Waals surface area contributed by atoms with E-state index in [1.54, 1.807) is 18.2 Å². The number of hydrogen-bond acceptors (Lipinski definition) is 4. The molecule has 0 saturated heterocycles. The van der Waals surface area contributed by atoms with Crippen molar-refractivity contribution in [1.29, 1.82) is 0 Å². The summed E-state index contributed by atoms with van der Waals surface area (Å²) in [5.74, 6) is 4.80. The average molecular weight is 259 g/mol. The SMILES string of the molecule is CC(=O)SCC#Cc1cccc2c1C(=O)C(=O)N2. The highest BCUT2D eigenvalue weighted by Crippen LogP contribution is 2.25. The van der Waals surface area contributed by atoms with E-state index in [9.17, 15) is 14.4 Å². The molecule has 0 fully saturated rings. The molecule has 0 spiro atoms. The highest BCUT2D eigenvalue weighted by atomic mass is 32.2. The van der Waals surface area contributed by atoms with Crippen molar-refractivity contribution in [3.8, 4) is 11.8 Å². The van der Waals surface area contributed by atoms with E-state index in [1.807, 2.05) is 0 Å². The summed E-state index contributed by atoms with van der Waals surface area (Å²) in [6, 6.07) is 5.07. The molecule has 1 aliphatic rings. The van der Waals surface area contributed by atoms with Crippen LogP contribution in [-0.2, 0) is 9.59 Å². The Labute approximate surface area is 108 Å². The molecule has 0 saturated carbocycles. The van der Waals surface area contributed by atoms with E-state index in [-0.39, 0.29) is 5.12 Å². The highest BCUT2D eigenvalue weighted by molar-refractivity contribution is 8.13. The molecule has 4 nitrogen and oxygen atoms in total. The number of Topliss-reactive ketones (excluding diaryl/α,β-unsaturated/α-hetero) is 1. The van der Waals surface area contributed by atoms with E-state index in [2.05, 4.69) is 17.2 Å². The molecule has 0 atom stereocenters. The molecule has 1 heterocycles. The lowest BCUT2D eigenvalue weighted by Crippen LogP contribution is -2.12. The van der Waals surface area contributed by atoms with Crippen LogP contribution in [0, 0.1) is 11.8 Å². The second-order valence-electron chi connectivity index (χ2n) is 3.59. The summed E-state index contributed by atoms with van der Waals surface area (Å²) in [5, 5.41) is 2.48. The fourth-order valence-corrected chi connectivity index (χ4v) is 1.91. The molecule has 0 aliphatic carbocycles. The van der Waals surface area contributed by atoms with Crippen LogP contribution in [0.4, 0.5) is 5.69 Å². The first-order chi connectivity index (χ1) is 8.59. The van der Waals surface area contributed by atoms with Crippen LogP contribution < -0.4 is 5.32 Å². The van der Waals surface area contributed by atoms with E-state index in [4.69, 9.17) is 0 Å². The molecular formula is C13H9NO3S. The molecule has 1 aromatic rings. The molecule has 1 N–H and O–H groups in total. The fraction of sp³-hybridized carbons (Fsp3) is 0.154. The number of fused-ring (bicyclic) bond motifs is 1. The van der Waals surface area contributed by atoms with Gasteiger partial charge in [-0.15, -0.1) is 0 Å². The first kappa shape index (κ1) is 12.4. The normalized spacial score (nSPS) is 12.5. The maximum atomic E-state index is 11.6. The Morgan fingerprint density at radius 2 is 2.17 bits per heavy atom. The summed E-state index contributed by atoms with van der Waals surface area (Å²) in [4.78, 5) is 33.6. The lowest BCUT2D eigenvalue weighted by Gasteiger charge is -1.98. The van der Waals surface area contributed by atoms with Gasteiger partial charge in [-0.25, -0.2) is 0 Å². The topological polar surface area (TPSA) is 63.2 Å². The minimum Gasteiger partial charge on any atom is -0.318 e. The molecule has 1 aromatic carbocycles. The monoisotopic (exact) mass is 259 g/mol. The van der Waals surface area contributed by atoms with Gasteiger partial charge in [-0.3, -0.25) is 14.4 Å². The summed E-state index contributed by atoms with van der Waals surface area (Å²) in [6.45, 7) is 1.47. The van der Waals surface area contributed by atoms with Crippen LogP contribution in [0.15, 0.2) is 18.2 Å². The van der Waals surface area contributed by atoms with Gasteiger partial charge < -0.3 is 5.32 Å². The predicted molar refractivity (Wildman–Crippen MR) is 69.4 cm³/mol. The second kappa shape index (κ2) is 5.07. The Morgan fingerprint density at radius 1 is 1.39 bits per heavy atom. The first-order valence-corrected chi connectivity index (χ1v) is 6.19. The van der Waals surface area contributed by atoms with E-state index < -0.39 is 11.7 Å². The number of anilines is 1. The highest BCUT2D eigenvalue weighted by Gasteiger charge is 2.29. The van der Waals surface area contributed by atoms with E-state index in [0.717, 1.165) is 11.8 Å². The van der Waals surface area contributed by atoms with Crippen molar-refractivity contribution in [3.63, 3.8) is 0 Å². The van der Waals surface area contributed by atoms with Crippen LogP contribution in [0.5, 0.6) is 0 Å². The van der Waals surface area contributed by atoms with Gasteiger partial charge in [0.15, 0.2) is 5.12 Å². The van der Waals surface area contributed by atoms with Crippen LogP contribution in [0.2, 0.25) is 0 Å². The van der Waals surface area contributed by atoms with Crippen molar-refractivity contribution in [1.82, 2.24) is 0 Å². The number of rotatable bonds is 1. The molecule has 0 radical (unpaired) electrons. The van der Waals surface area contributed by atoms with Crippen molar-refractivity contribution in [2.24, 2.45) is 0 Å². The first-order valence-electron chi connectivity index (χ1n) is 5.20. The molecular weight excluding hydrogens is 250 g/mol. The quantitative estimate of drug-likeness (QED) is 0.612. The Balaban J connectivity index is 2.26. The molecule has 2 rings (SSSR count). The van der Waals surface area contributed by atoms with Crippen LogP contribution in [0.1, 0.15) is 22.8 Å². The van der Waals surface area contributed by atoms with Crippen molar-refractivity contribution in [3.05, 3.63) is 29.3 Å². The van der Waals surface area contributed by atoms with Gasteiger partial charge in [0.2, 0.25) is 0 Å². The number of carbonyl (C=O) groups excluding carboxylic acids is 3. The van der Waals surface area contributed by atoms with Crippen molar-refractivity contribution < 1.29 is 14.4 Å². The van der Waals surface area contributed by atoms with Gasteiger partial charge in [0.05, 0.1) is 17.0 Å². The second-order valence-corrected chi connectivity index (χ2v) is 4.75. The summed E-state index contributed by atoms with van der Waals surface area (Å²) in [7, 11) is 0. The van der Waals surface area contributed by atoms with Gasteiger partial charge in [0.25, 0.3) is 11.7 Å². The Kier molecular flexibility index (Phi) is 3.49. The minimum absolute atomic E-state index is 0.00416. The zero-order chi connectivity index (χ0) is 13.1. The third-order valence-electron chi connectivity index (χ3n) is 2.32. The molecule has 0 unspecified atom stereocenters. The molecule has 18 heavy (non-hydrogen) atoms. The number of thioether (sulfide) groups is 1. The molecule has 1 aliphatic heterocycles. The standard InChI is InChI=1S/C13H9NO3S/c1-8(15)18-7-3-5-9-4-2-6-10-11(9)12(16)13(17)14-10/h2,4,6H,7H2,1H3,(H,14,16,17). The number of benzene rings is 1. The smallest absolute Gasteiger partial charge is 0.296 e. The fourth-order valence-electron chi connectivity index (χ4n) is 1.57. The zero-order valence-electron chi connectivity index (χ0n) is 9.57. The number of hydrogen-bond donors (Lipinski definition) is 1. The van der Waals surface area contributed by atoms with Gasteiger partial charge in [-0.1, -0.05) is 29.7 Å². The zero-order valence-corrected chi connectivity index (χ0v) is 10.4. The number of carbonyl (C=O) groups is 3. The lowest BCUT2D eigenvalue weighted by atomic mass is 10.0. The summed E-state index contributed by atoms with van der Waals surface area (Å²) >= 11 is 1.11. The number of nitrogens with one attached hydrogen (secondary N) is 1. The summed E-state index contributed by atoms with van der Waals surface area (Å²) < 4.78 is 0. The predicted octanol–water partition coefficient (Wildman–Crippen LogP) is 1.45. The molecule has 0 bridgehead atoms. The van der Waals surface area contributed by atoms with Crippen LogP contribution >= 0.6 is 11.8 Å². The van der Waals surface area contributed by atoms with Crippen LogP contribution in [0.25, 0.3) is 0 Å². The third-order valence-corrected chi connectivity index (χ3v) is 3.01.